The van der Waals surface area contributed by atoms with Crippen LogP contribution in [0.2, 0.25) is 5.02 Å². The molecule has 1 unspecified atom stereocenters. The second kappa shape index (κ2) is 8.98. The molecule has 0 bridgehead atoms. The Balaban J connectivity index is 1.48. The van der Waals surface area contributed by atoms with E-state index in [0.29, 0.717) is 11.6 Å². The topological polar surface area (TPSA) is 36.4 Å². The molecule has 1 amide bonds. The minimum Gasteiger partial charge on any atom is -0.340 e. The molecule has 1 aromatic carbocycles. The predicted molar refractivity (Wildman–Crippen MR) is 108 cm³/mol. The van der Waals surface area contributed by atoms with Crippen molar-refractivity contribution in [3.63, 3.8) is 0 Å². The van der Waals surface area contributed by atoms with E-state index in [4.69, 9.17) is 11.6 Å². The third-order valence-electron chi connectivity index (χ3n) is 4.95. The predicted octanol–water partition coefficient (Wildman–Crippen LogP) is 4.13. The number of thiazole rings is 1. The Kier molecular flexibility index (Phi) is 6.68. The van der Waals surface area contributed by atoms with E-state index in [-0.39, 0.29) is 5.91 Å². The zero-order valence-corrected chi connectivity index (χ0v) is 17.0. The Morgan fingerprint density at radius 3 is 2.85 bits per heavy atom. The lowest BCUT2D eigenvalue weighted by molar-refractivity contribution is 0.0725. The van der Waals surface area contributed by atoms with E-state index in [2.05, 4.69) is 22.0 Å². The van der Waals surface area contributed by atoms with Crippen LogP contribution >= 0.6 is 22.9 Å². The van der Waals surface area contributed by atoms with Crippen molar-refractivity contribution >= 4 is 28.8 Å². The highest BCUT2D eigenvalue weighted by Gasteiger charge is 2.23. The number of aryl methyl sites for hydroxylation is 1. The van der Waals surface area contributed by atoms with Gasteiger partial charge in [0, 0.05) is 37.1 Å². The van der Waals surface area contributed by atoms with Gasteiger partial charge in [-0.3, -0.25) is 4.79 Å². The Bertz CT molecular complexity index is 731. The Labute approximate surface area is 164 Å². The first-order valence-electron chi connectivity index (χ1n) is 9.15. The summed E-state index contributed by atoms with van der Waals surface area (Å²) >= 11 is 7.48. The molecule has 1 fully saturated rings. The number of aromatic nitrogens is 1. The maximum atomic E-state index is 12.5. The summed E-state index contributed by atoms with van der Waals surface area (Å²) < 4.78 is 0. The molecule has 2 heterocycles. The van der Waals surface area contributed by atoms with Gasteiger partial charge in [0.05, 0.1) is 5.01 Å². The second-order valence-corrected chi connectivity index (χ2v) is 8.62. The lowest BCUT2D eigenvalue weighted by Gasteiger charge is -2.34. The maximum absolute atomic E-state index is 12.5. The normalized spacial score (nSPS) is 18.0. The molecule has 6 heteroatoms. The van der Waals surface area contributed by atoms with Gasteiger partial charge in [-0.2, -0.15) is 0 Å². The van der Waals surface area contributed by atoms with Crippen molar-refractivity contribution in [1.82, 2.24) is 14.8 Å². The standard InChI is InChI=1S/C20H26ClN3OS/c1-15-22-19(14-26-15)20(25)23(2)12-17-4-3-10-24(13-17)11-9-16-5-7-18(21)8-6-16/h5-8,14,17H,3-4,9-13H2,1-2H3. The first-order valence-corrected chi connectivity index (χ1v) is 10.4. The number of nitrogens with zero attached hydrogens (tertiary/aromatic N) is 3. The number of halogens is 1. The summed E-state index contributed by atoms with van der Waals surface area (Å²) in [6.07, 6.45) is 3.42. The van der Waals surface area contributed by atoms with Crippen LogP contribution in [0.4, 0.5) is 0 Å². The quantitative estimate of drug-likeness (QED) is 0.742. The van der Waals surface area contributed by atoms with Crippen molar-refractivity contribution < 1.29 is 4.79 Å². The van der Waals surface area contributed by atoms with E-state index in [1.165, 1.54) is 29.7 Å². The second-order valence-electron chi connectivity index (χ2n) is 7.12. The number of amides is 1. The molecule has 0 aliphatic carbocycles. The summed E-state index contributed by atoms with van der Waals surface area (Å²) in [5, 5.41) is 3.58. The van der Waals surface area contributed by atoms with Crippen molar-refractivity contribution in [2.45, 2.75) is 26.2 Å². The number of carbonyl (C=O) groups excluding carboxylic acids is 1. The molecule has 0 radical (unpaired) electrons. The van der Waals surface area contributed by atoms with Gasteiger partial charge in [-0.05, 0) is 56.3 Å². The molecule has 1 aromatic heterocycles. The van der Waals surface area contributed by atoms with Gasteiger partial charge >= 0.3 is 0 Å². The molecule has 1 atom stereocenters. The highest BCUT2D eigenvalue weighted by Crippen LogP contribution is 2.19. The molecule has 1 saturated heterocycles. The minimum absolute atomic E-state index is 0.0348. The van der Waals surface area contributed by atoms with Gasteiger partial charge in [0.25, 0.3) is 5.91 Å². The van der Waals surface area contributed by atoms with Crippen molar-refractivity contribution in [2.75, 3.05) is 33.2 Å². The third-order valence-corrected chi connectivity index (χ3v) is 5.98. The zero-order valence-electron chi connectivity index (χ0n) is 15.4. The lowest BCUT2D eigenvalue weighted by Crippen LogP contribution is -2.42. The average molecular weight is 392 g/mol. The van der Waals surface area contributed by atoms with Gasteiger partial charge < -0.3 is 9.80 Å². The van der Waals surface area contributed by atoms with Crippen molar-refractivity contribution in [3.05, 3.63) is 50.9 Å². The number of carbonyl (C=O) groups is 1. The van der Waals surface area contributed by atoms with Gasteiger partial charge in [-0.25, -0.2) is 4.98 Å². The summed E-state index contributed by atoms with van der Waals surface area (Å²) in [4.78, 5) is 21.2. The first kappa shape index (κ1) is 19.3. The molecule has 0 saturated carbocycles. The summed E-state index contributed by atoms with van der Waals surface area (Å²) in [6, 6.07) is 8.12. The number of rotatable bonds is 6. The molecule has 2 aromatic rings. The lowest BCUT2D eigenvalue weighted by atomic mass is 9.97. The van der Waals surface area contributed by atoms with E-state index in [9.17, 15) is 4.79 Å². The summed E-state index contributed by atoms with van der Waals surface area (Å²) in [5.74, 6) is 0.565. The molecular weight excluding hydrogens is 366 g/mol. The van der Waals surface area contributed by atoms with Crippen LogP contribution in [0.25, 0.3) is 0 Å². The highest BCUT2D eigenvalue weighted by atomic mass is 35.5. The van der Waals surface area contributed by atoms with Crippen LogP contribution in [0.1, 0.15) is 33.9 Å². The number of hydrogen-bond acceptors (Lipinski definition) is 4. The highest BCUT2D eigenvalue weighted by molar-refractivity contribution is 7.09. The van der Waals surface area contributed by atoms with Gasteiger partial charge in [0.15, 0.2) is 0 Å². The molecular formula is C20H26ClN3OS. The third kappa shape index (κ3) is 5.29. The SMILES string of the molecule is Cc1nc(C(=O)N(C)CC2CCCN(CCc3ccc(Cl)cc3)C2)cs1. The summed E-state index contributed by atoms with van der Waals surface area (Å²) in [7, 11) is 1.89. The van der Waals surface area contributed by atoms with Crippen LogP contribution in [0.15, 0.2) is 29.6 Å². The minimum atomic E-state index is 0.0348. The van der Waals surface area contributed by atoms with Crippen LogP contribution in [0.5, 0.6) is 0 Å². The van der Waals surface area contributed by atoms with Crippen molar-refractivity contribution in [2.24, 2.45) is 5.92 Å². The maximum Gasteiger partial charge on any atom is 0.273 e. The van der Waals surface area contributed by atoms with Crippen LogP contribution in [0, 0.1) is 12.8 Å². The van der Waals surface area contributed by atoms with E-state index in [0.717, 1.165) is 42.6 Å². The Morgan fingerprint density at radius 1 is 1.38 bits per heavy atom. The van der Waals surface area contributed by atoms with Crippen molar-refractivity contribution in [1.29, 1.82) is 0 Å². The first-order chi connectivity index (χ1) is 12.5. The van der Waals surface area contributed by atoms with Crippen molar-refractivity contribution in [3.8, 4) is 0 Å². The van der Waals surface area contributed by atoms with Gasteiger partial charge in [-0.15, -0.1) is 11.3 Å². The van der Waals surface area contributed by atoms with Gasteiger partial charge in [-0.1, -0.05) is 23.7 Å². The molecule has 1 aliphatic heterocycles. The Morgan fingerprint density at radius 2 is 2.15 bits per heavy atom. The number of likely N-dealkylation sites (tertiary alicyclic amines) is 1. The van der Waals surface area contributed by atoms with Gasteiger partial charge in [0.2, 0.25) is 0 Å². The van der Waals surface area contributed by atoms with Crippen LogP contribution < -0.4 is 0 Å². The van der Waals surface area contributed by atoms with E-state index in [1.807, 2.05) is 36.4 Å². The van der Waals surface area contributed by atoms with E-state index >= 15 is 0 Å². The van der Waals surface area contributed by atoms with Crippen LogP contribution in [0.3, 0.4) is 0 Å². The summed E-state index contributed by atoms with van der Waals surface area (Å²) in [5.41, 5.74) is 1.90. The number of benzene rings is 1. The molecule has 3 rings (SSSR count). The largest absolute Gasteiger partial charge is 0.340 e. The molecule has 4 nitrogen and oxygen atoms in total. The smallest absolute Gasteiger partial charge is 0.273 e. The van der Waals surface area contributed by atoms with Gasteiger partial charge in [0.1, 0.15) is 5.69 Å². The van der Waals surface area contributed by atoms with E-state index in [1.54, 1.807) is 0 Å². The molecule has 26 heavy (non-hydrogen) atoms. The fourth-order valence-corrected chi connectivity index (χ4v) is 4.28. The fourth-order valence-electron chi connectivity index (χ4n) is 3.57. The van der Waals surface area contributed by atoms with E-state index < -0.39 is 0 Å². The Hall–Kier alpha value is -1.43. The van der Waals surface area contributed by atoms with Crippen LogP contribution in [-0.2, 0) is 6.42 Å². The monoisotopic (exact) mass is 391 g/mol. The average Bonchev–Trinajstić information content (AvgIpc) is 3.07. The summed E-state index contributed by atoms with van der Waals surface area (Å²) in [6.45, 7) is 5.99. The molecule has 0 spiro atoms. The molecule has 0 N–H and O–H groups in total. The molecule has 1 aliphatic rings. The fraction of sp³-hybridized carbons (Fsp3) is 0.500. The number of piperidine rings is 1. The molecule has 140 valence electrons. The van der Waals surface area contributed by atoms with Crippen LogP contribution in [-0.4, -0.2) is 53.9 Å². The zero-order chi connectivity index (χ0) is 18.5. The number of hydrogen-bond donors (Lipinski definition) is 0.